The van der Waals surface area contributed by atoms with Crippen molar-refractivity contribution >= 4 is 21.6 Å². The first-order valence-electron chi connectivity index (χ1n) is 10.4. The molecule has 2 aromatic rings. The molecule has 0 bridgehead atoms. The number of ether oxygens (including phenoxy) is 1. The van der Waals surface area contributed by atoms with Crippen molar-refractivity contribution in [3.8, 4) is 5.75 Å². The zero-order chi connectivity index (χ0) is 21.8. The Morgan fingerprint density at radius 2 is 1.73 bits per heavy atom. The number of hydrogen-bond donors (Lipinski definition) is 1. The minimum atomic E-state index is -3.42. The number of nitrogens with one attached hydrogen (secondary N) is 1. The summed E-state index contributed by atoms with van der Waals surface area (Å²) >= 11 is 0. The first kappa shape index (κ1) is 23.7. The summed E-state index contributed by atoms with van der Waals surface area (Å²) < 4.78 is 31.3. The molecule has 6 nitrogen and oxygen atoms in total. The molecule has 0 radical (unpaired) electrons. The molecule has 0 unspecified atom stereocenters. The average molecular weight is 433 g/mol. The fourth-order valence-electron chi connectivity index (χ4n) is 3.04. The van der Waals surface area contributed by atoms with E-state index in [9.17, 15) is 13.2 Å². The Bertz CT molecular complexity index is 868. The monoisotopic (exact) mass is 432 g/mol. The Balaban J connectivity index is 1.77. The molecule has 7 heteroatoms. The van der Waals surface area contributed by atoms with Gasteiger partial charge >= 0.3 is 0 Å². The van der Waals surface area contributed by atoms with Gasteiger partial charge in [0.25, 0.3) is 0 Å². The van der Waals surface area contributed by atoms with Gasteiger partial charge in [-0.25, -0.2) is 8.42 Å². The maximum Gasteiger partial charge on any atom is 0.232 e. The lowest BCUT2D eigenvalue weighted by Crippen LogP contribution is -2.32. The van der Waals surface area contributed by atoms with E-state index in [0.717, 1.165) is 25.0 Å². The van der Waals surface area contributed by atoms with E-state index in [1.165, 1.54) is 16.1 Å². The van der Waals surface area contributed by atoms with Crippen LogP contribution in [0.4, 0.5) is 5.69 Å². The summed E-state index contributed by atoms with van der Waals surface area (Å²) in [5.74, 6) is 0.645. The van der Waals surface area contributed by atoms with Crippen LogP contribution in [0.25, 0.3) is 0 Å². The van der Waals surface area contributed by atoms with Crippen LogP contribution in [0.2, 0.25) is 0 Å². The Morgan fingerprint density at radius 3 is 2.37 bits per heavy atom. The number of sulfonamides is 1. The van der Waals surface area contributed by atoms with Gasteiger partial charge in [0.05, 0.1) is 18.5 Å². The van der Waals surface area contributed by atoms with Crippen molar-refractivity contribution in [2.45, 2.75) is 39.0 Å². The second-order valence-electron chi connectivity index (χ2n) is 7.22. The van der Waals surface area contributed by atoms with Crippen molar-refractivity contribution in [1.29, 1.82) is 0 Å². The van der Waals surface area contributed by atoms with Crippen LogP contribution in [0.1, 0.15) is 38.2 Å². The first-order chi connectivity index (χ1) is 14.4. The number of rotatable bonds is 13. The number of benzene rings is 2. The number of unbranched alkanes of at least 4 members (excludes halogenated alkanes) is 1. The van der Waals surface area contributed by atoms with E-state index >= 15 is 0 Å². The fourth-order valence-corrected chi connectivity index (χ4v) is 4.01. The molecule has 164 valence electrons. The van der Waals surface area contributed by atoms with Gasteiger partial charge in [0, 0.05) is 13.0 Å². The Hall–Kier alpha value is -2.54. The van der Waals surface area contributed by atoms with Gasteiger partial charge in [-0.2, -0.15) is 0 Å². The zero-order valence-electron chi connectivity index (χ0n) is 17.8. The molecule has 0 aromatic heterocycles. The molecular formula is C23H32N2O4S. The van der Waals surface area contributed by atoms with Crippen molar-refractivity contribution in [2.75, 3.05) is 30.3 Å². The molecule has 1 N–H and O–H groups in total. The standard InChI is InChI=1S/C23H32N2O4S/c1-3-4-9-20-13-15-21(16-14-20)25(30(2,27)28)18-8-12-23(26)24-17-19-29-22-10-6-5-7-11-22/h5-7,10-11,13-16H,3-4,8-9,12,17-19H2,1-2H3,(H,24,26). The van der Waals surface area contributed by atoms with Gasteiger partial charge in [-0.3, -0.25) is 9.10 Å². The van der Waals surface area contributed by atoms with Gasteiger partial charge in [-0.15, -0.1) is 0 Å². The molecule has 0 spiro atoms. The highest BCUT2D eigenvalue weighted by Crippen LogP contribution is 2.20. The highest BCUT2D eigenvalue weighted by atomic mass is 32.2. The molecule has 0 atom stereocenters. The highest BCUT2D eigenvalue weighted by Gasteiger charge is 2.17. The van der Waals surface area contributed by atoms with E-state index in [4.69, 9.17) is 4.74 Å². The van der Waals surface area contributed by atoms with E-state index in [1.54, 1.807) is 0 Å². The van der Waals surface area contributed by atoms with Gasteiger partial charge < -0.3 is 10.1 Å². The summed E-state index contributed by atoms with van der Waals surface area (Å²) in [5.41, 5.74) is 1.83. The third-order valence-electron chi connectivity index (χ3n) is 4.64. The molecule has 0 saturated heterocycles. The molecule has 0 aliphatic carbocycles. The minimum absolute atomic E-state index is 0.116. The number of para-hydroxylation sites is 1. The summed E-state index contributed by atoms with van der Waals surface area (Å²) in [7, 11) is -3.42. The van der Waals surface area contributed by atoms with Crippen molar-refractivity contribution in [2.24, 2.45) is 0 Å². The van der Waals surface area contributed by atoms with Crippen LogP contribution in [0.15, 0.2) is 54.6 Å². The predicted octanol–water partition coefficient (Wildman–Crippen LogP) is 3.77. The lowest BCUT2D eigenvalue weighted by Gasteiger charge is -2.22. The second kappa shape index (κ2) is 12.2. The van der Waals surface area contributed by atoms with E-state index in [-0.39, 0.29) is 18.9 Å². The highest BCUT2D eigenvalue weighted by molar-refractivity contribution is 7.92. The third kappa shape index (κ3) is 8.45. The van der Waals surface area contributed by atoms with Crippen molar-refractivity contribution in [3.05, 3.63) is 60.2 Å². The van der Waals surface area contributed by atoms with Crippen LogP contribution in [-0.2, 0) is 21.2 Å². The number of carbonyl (C=O) groups excluding carboxylic acids is 1. The molecule has 1 amide bonds. The fraction of sp³-hybridized carbons (Fsp3) is 0.435. The maximum absolute atomic E-state index is 12.2. The summed E-state index contributed by atoms with van der Waals surface area (Å²) in [4.78, 5) is 12.0. The molecule has 30 heavy (non-hydrogen) atoms. The van der Waals surface area contributed by atoms with Crippen LogP contribution in [0.5, 0.6) is 5.75 Å². The largest absolute Gasteiger partial charge is 0.492 e. The van der Waals surface area contributed by atoms with Crippen molar-refractivity contribution in [3.63, 3.8) is 0 Å². The van der Waals surface area contributed by atoms with Gasteiger partial charge in [0.2, 0.25) is 15.9 Å². The van der Waals surface area contributed by atoms with Crippen molar-refractivity contribution < 1.29 is 17.9 Å². The molecule has 0 fully saturated rings. The van der Waals surface area contributed by atoms with Gasteiger partial charge in [-0.05, 0) is 49.1 Å². The van der Waals surface area contributed by atoms with E-state index in [1.807, 2.05) is 54.6 Å². The Morgan fingerprint density at radius 1 is 1.03 bits per heavy atom. The lowest BCUT2D eigenvalue weighted by atomic mass is 10.1. The average Bonchev–Trinajstić information content (AvgIpc) is 2.73. The molecule has 0 saturated carbocycles. The number of carbonyl (C=O) groups is 1. The SMILES string of the molecule is CCCCc1ccc(N(CCCC(=O)NCCOc2ccccc2)S(C)(=O)=O)cc1. The number of nitrogens with zero attached hydrogens (tertiary/aromatic N) is 1. The number of anilines is 1. The summed E-state index contributed by atoms with van der Waals surface area (Å²) in [6.45, 7) is 3.20. The molecule has 0 aliphatic heterocycles. The van der Waals surface area contributed by atoms with Crippen LogP contribution in [-0.4, -0.2) is 40.3 Å². The van der Waals surface area contributed by atoms with Gasteiger partial charge in [0.1, 0.15) is 12.4 Å². The summed E-state index contributed by atoms with van der Waals surface area (Å²) in [5, 5.41) is 2.80. The van der Waals surface area contributed by atoms with Crippen molar-refractivity contribution in [1.82, 2.24) is 5.32 Å². The summed E-state index contributed by atoms with van der Waals surface area (Å²) in [6.07, 6.45) is 5.11. The van der Waals surface area contributed by atoms with E-state index in [0.29, 0.717) is 25.3 Å². The number of aryl methyl sites for hydroxylation is 1. The Labute approximate surface area is 180 Å². The Kier molecular flexibility index (Phi) is 9.67. The molecular weight excluding hydrogens is 400 g/mol. The van der Waals surface area contributed by atoms with Gasteiger partial charge in [-0.1, -0.05) is 43.7 Å². The van der Waals surface area contributed by atoms with Crippen LogP contribution in [0, 0.1) is 0 Å². The van der Waals surface area contributed by atoms with Crippen LogP contribution >= 0.6 is 0 Å². The number of amides is 1. The predicted molar refractivity (Wildman–Crippen MR) is 121 cm³/mol. The topological polar surface area (TPSA) is 75.7 Å². The maximum atomic E-state index is 12.2. The van der Waals surface area contributed by atoms with Gasteiger partial charge in [0.15, 0.2) is 0 Å². The molecule has 2 rings (SSSR count). The van der Waals surface area contributed by atoms with E-state index in [2.05, 4.69) is 12.2 Å². The second-order valence-corrected chi connectivity index (χ2v) is 9.13. The smallest absolute Gasteiger partial charge is 0.232 e. The lowest BCUT2D eigenvalue weighted by molar-refractivity contribution is -0.121. The normalized spacial score (nSPS) is 11.1. The van der Waals surface area contributed by atoms with E-state index < -0.39 is 10.0 Å². The minimum Gasteiger partial charge on any atom is -0.492 e. The molecule has 0 heterocycles. The van der Waals surface area contributed by atoms with Crippen LogP contribution < -0.4 is 14.4 Å². The molecule has 0 aliphatic rings. The summed E-state index contributed by atoms with van der Waals surface area (Å²) in [6, 6.07) is 17.0. The third-order valence-corrected chi connectivity index (χ3v) is 5.84. The quantitative estimate of drug-likeness (QED) is 0.489. The van der Waals surface area contributed by atoms with Crippen LogP contribution in [0.3, 0.4) is 0 Å². The zero-order valence-corrected chi connectivity index (χ0v) is 18.7. The first-order valence-corrected chi connectivity index (χ1v) is 12.3. The number of hydrogen-bond acceptors (Lipinski definition) is 4. The molecule has 2 aromatic carbocycles.